The molecule has 0 aromatic heterocycles. The van der Waals surface area contributed by atoms with Gasteiger partial charge in [-0.1, -0.05) is 6.92 Å². The van der Waals surface area contributed by atoms with E-state index >= 15 is 0 Å². The lowest BCUT2D eigenvalue weighted by atomic mass is 10.3. The van der Waals surface area contributed by atoms with E-state index in [1.165, 1.54) is 0 Å². The Hall–Kier alpha value is -2.52. The fraction of sp³-hybridized carbons (Fsp3) is 0.714. The van der Waals surface area contributed by atoms with Gasteiger partial charge in [0.2, 0.25) is 0 Å². The predicted octanol–water partition coefficient (Wildman–Crippen LogP) is 1.40. The molecule has 2 saturated heterocycles. The Morgan fingerprint density at radius 2 is 1.58 bits per heavy atom. The van der Waals surface area contributed by atoms with Crippen LogP contribution >= 0.6 is 0 Å². The maximum Gasteiger partial charge on any atom is 0.511 e. The number of carbonyl (C=O) groups excluding carboxylic acids is 4. The van der Waals surface area contributed by atoms with Crippen molar-refractivity contribution in [2.45, 2.75) is 57.7 Å². The van der Waals surface area contributed by atoms with Gasteiger partial charge in [0.1, 0.15) is 12.7 Å². The minimum Gasteiger partial charge on any atom is -0.430 e. The zero-order chi connectivity index (χ0) is 17.5. The molecule has 0 N–H and O–H groups in total. The average molecular weight is 346 g/mol. The van der Waals surface area contributed by atoms with Crippen LogP contribution in [0.1, 0.15) is 39.0 Å². The maximum atomic E-state index is 11.6. The Morgan fingerprint density at radius 1 is 1.04 bits per heavy atom. The molecule has 2 fully saturated rings. The van der Waals surface area contributed by atoms with Gasteiger partial charge in [0.05, 0.1) is 12.8 Å². The summed E-state index contributed by atoms with van der Waals surface area (Å²) in [7, 11) is 0. The third-order valence-electron chi connectivity index (χ3n) is 3.25. The van der Waals surface area contributed by atoms with Crippen molar-refractivity contribution in [3.05, 3.63) is 0 Å². The van der Waals surface area contributed by atoms with Crippen LogP contribution in [0.4, 0.5) is 9.59 Å². The number of cyclic esters (lactones) is 2. The van der Waals surface area contributed by atoms with E-state index < -0.39 is 42.9 Å². The Morgan fingerprint density at radius 3 is 2.04 bits per heavy atom. The van der Waals surface area contributed by atoms with Crippen LogP contribution in [-0.2, 0) is 38.0 Å². The lowest BCUT2D eigenvalue weighted by Gasteiger charge is -2.18. The van der Waals surface area contributed by atoms with Gasteiger partial charge in [-0.2, -0.15) is 0 Å². The lowest BCUT2D eigenvalue weighted by Crippen LogP contribution is -2.28. The zero-order valence-electron chi connectivity index (χ0n) is 13.1. The first-order chi connectivity index (χ1) is 11.5. The van der Waals surface area contributed by atoms with Crippen molar-refractivity contribution in [2.75, 3.05) is 6.61 Å². The number of hydrogen-bond donors (Lipinski definition) is 0. The fourth-order valence-corrected chi connectivity index (χ4v) is 1.98. The molecular formula is C14H18O10. The van der Waals surface area contributed by atoms with E-state index in [4.69, 9.17) is 28.4 Å². The monoisotopic (exact) mass is 346 g/mol. The first-order valence-electron chi connectivity index (χ1n) is 7.56. The van der Waals surface area contributed by atoms with E-state index in [0.717, 1.165) is 0 Å². The summed E-state index contributed by atoms with van der Waals surface area (Å²) in [6.07, 6.45) is -3.47. The van der Waals surface area contributed by atoms with Crippen LogP contribution in [-0.4, -0.2) is 49.5 Å². The fourth-order valence-electron chi connectivity index (χ4n) is 1.98. The molecule has 2 heterocycles. The van der Waals surface area contributed by atoms with E-state index in [1.807, 2.05) is 0 Å². The molecule has 2 rings (SSSR count). The molecule has 0 aromatic carbocycles. The molecule has 0 aliphatic carbocycles. The lowest BCUT2D eigenvalue weighted by molar-refractivity contribution is -0.160. The van der Waals surface area contributed by atoms with E-state index in [0.29, 0.717) is 6.42 Å². The van der Waals surface area contributed by atoms with Crippen LogP contribution in [0.25, 0.3) is 0 Å². The van der Waals surface area contributed by atoms with Gasteiger partial charge in [-0.15, -0.1) is 0 Å². The SMILES string of the molecule is CCC(COC(=O)OC1CCC(=O)O1)OC(=O)OC1CCC(=O)O1. The average Bonchev–Trinajstić information content (AvgIpc) is 3.11. The van der Waals surface area contributed by atoms with Crippen molar-refractivity contribution in [3.8, 4) is 0 Å². The van der Waals surface area contributed by atoms with Gasteiger partial charge in [-0.3, -0.25) is 9.59 Å². The van der Waals surface area contributed by atoms with Crippen LogP contribution in [0.3, 0.4) is 0 Å². The van der Waals surface area contributed by atoms with Gasteiger partial charge in [-0.05, 0) is 6.42 Å². The Bertz CT molecular complexity index is 502. The molecule has 0 saturated carbocycles. The molecule has 3 unspecified atom stereocenters. The third-order valence-corrected chi connectivity index (χ3v) is 3.25. The van der Waals surface area contributed by atoms with Gasteiger partial charge < -0.3 is 28.4 Å². The van der Waals surface area contributed by atoms with Crippen molar-refractivity contribution in [1.29, 1.82) is 0 Å². The van der Waals surface area contributed by atoms with E-state index in [9.17, 15) is 19.2 Å². The number of esters is 2. The maximum absolute atomic E-state index is 11.6. The summed E-state index contributed by atoms with van der Waals surface area (Å²) in [6, 6.07) is 0. The normalized spacial score (nSPS) is 23.9. The highest BCUT2D eigenvalue weighted by Crippen LogP contribution is 2.17. The quantitative estimate of drug-likeness (QED) is 0.515. The molecular weight excluding hydrogens is 328 g/mol. The van der Waals surface area contributed by atoms with Crippen LogP contribution in [0, 0.1) is 0 Å². The van der Waals surface area contributed by atoms with Gasteiger partial charge in [0.15, 0.2) is 0 Å². The molecule has 2 aliphatic rings. The Balaban J connectivity index is 1.65. The van der Waals surface area contributed by atoms with Crippen LogP contribution in [0.15, 0.2) is 0 Å². The first-order valence-corrected chi connectivity index (χ1v) is 7.56. The van der Waals surface area contributed by atoms with E-state index in [1.54, 1.807) is 6.92 Å². The molecule has 0 radical (unpaired) electrons. The highest BCUT2D eigenvalue weighted by Gasteiger charge is 2.29. The Labute approximate surface area is 137 Å². The standard InChI is InChI=1S/C14H18O10/c1-2-8(20-14(18)24-12-6-4-10(16)22-12)7-19-13(17)23-11-5-3-9(15)21-11/h8,11-12H,2-7H2,1H3. The number of rotatable bonds is 6. The molecule has 0 amide bonds. The smallest absolute Gasteiger partial charge is 0.430 e. The second-order valence-electron chi connectivity index (χ2n) is 5.11. The first kappa shape index (κ1) is 17.8. The third kappa shape index (κ3) is 5.60. The summed E-state index contributed by atoms with van der Waals surface area (Å²) in [4.78, 5) is 44.8. The summed E-state index contributed by atoms with van der Waals surface area (Å²) in [6.45, 7) is 1.45. The predicted molar refractivity (Wildman–Crippen MR) is 72.3 cm³/mol. The number of carbonyl (C=O) groups is 4. The van der Waals surface area contributed by atoms with Gasteiger partial charge in [0, 0.05) is 12.8 Å². The van der Waals surface area contributed by atoms with Crippen molar-refractivity contribution in [2.24, 2.45) is 0 Å². The van der Waals surface area contributed by atoms with Crippen LogP contribution in [0.5, 0.6) is 0 Å². The molecule has 0 spiro atoms. The Kier molecular flexibility index (Phi) is 6.21. The van der Waals surface area contributed by atoms with Crippen molar-refractivity contribution in [3.63, 3.8) is 0 Å². The van der Waals surface area contributed by atoms with Crippen molar-refractivity contribution < 1.29 is 47.6 Å². The molecule has 10 heteroatoms. The molecule has 3 atom stereocenters. The van der Waals surface area contributed by atoms with Crippen LogP contribution in [0.2, 0.25) is 0 Å². The summed E-state index contributed by atoms with van der Waals surface area (Å²) < 4.78 is 28.8. The topological polar surface area (TPSA) is 124 Å². The molecule has 10 nitrogen and oxygen atoms in total. The van der Waals surface area contributed by atoms with Gasteiger partial charge >= 0.3 is 24.2 Å². The number of hydrogen-bond acceptors (Lipinski definition) is 10. The highest BCUT2D eigenvalue weighted by atomic mass is 16.8. The zero-order valence-corrected chi connectivity index (χ0v) is 13.1. The molecule has 0 aromatic rings. The number of ether oxygens (including phenoxy) is 6. The van der Waals surface area contributed by atoms with Crippen molar-refractivity contribution in [1.82, 2.24) is 0 Å². The van der Waals surface area contributed by atoms with Gasteiger partial charge in [-0.25, -0.2) is 9.59 Å². The van der Waals surface area contributed by atoms with Gasteiger partial charge in [0.25, 0.3) is 12.6 Å². The minimum absolute atomic E-state index is 0.176. The molecule has 2 aliphatic heterocycles. The van der Waals surface area contributed by atoms with Crippen molar-refractivity contribution >= 4 is 24.2 Å². The minimum atomic E-state index is -1.03. The highest BCUT2D eigenvalue weighted by molar-refractivity contribution is 5.72. The molecule has 24 heavy (non-hydrogen) atoms. The summed E-state index contributed by atoms with van der Waals surface area (Å²) in [5, 5.41) is 0. The van der Waals surface area contributed by atoms with E-state index in [-0.39, 0.29) is 32.3 Å². The molecule has 0 bridgehead atoms. The summed E-state index contributed by atoms with van der Waals surface area (Å²) in [5.74, 6) is -0.892. The second kappa shape index (κ2) is 8.37. The largest absolute Gasteiger partial charge is 0.511 e. The second-order valence-corrected chi connectivity index (χ2v) is 5.11. The van der Waals surface area contributed by atoms with Crippen LogP contribution < -0.4 is 0 Å². The summed E-state index contributed by atoms with van der Waals surface area (Å²) >= 11 is 0. The molecule has 134 valence electrons. The summed E-state index contributed by atoms with van der Waals surface area (Å²) in [5.41, 5.74) is 0. The van der Waals surface area contributed by atoms with E-state index in [2.05, 4.69) is 0 Å².